The minimum absolute atomic E-state index is 0.0232. The highest BCUT2D eigenvalue weighted by Crippen LogP contribution is 2.35. The maximum Gasteiger partial charge on any atom is 0.261 e. The first-order chi connectivity index (χ1) is 16.5. The van der Waals surface area contributed by atoms with Crippen molar-refractivity contribution in [3.8, 4) is 0 Å². The number of nitrogens with two attached hydrogens (primary N) is 1. The van der Waals surface area contributed by atoms with Gasteiger partial charge in [-0.1, -0.05) is 0 Å². The zero-order chi connectivity index (χ0) is 23.8. The molecule has 1 aliphatic carbocycles. The highest BCUT2D eigenvalue weighted by atomic mass is 19.1. The number of nitrogen functional groups attached to an aromatic ring is 1. The molecule has 3 aromatic heterocycles. The van der Waals surface area contributed by atoms with Gasteiger partial charge in [-0.05, 0) is 31.0 Å². The van der Waals surface area contributed by atoms with Gasteiger partial charge < -0.3 is 16.2 Å². The summed E-state index contributed by atoms with van der Waals surface area (Å²) in [6.45, 7) is 0.362. The van der Waals surface area contributed by atoms with Gasteiger partial charge in [-0.2, -0.15) is 5.10 Å². The highest BCUT2D eigenvalue weighted by Gasteiger charge is 2.28. The van der Waals surface area contributed by atoms with Crippen LogP contribution in [0.2, 0.25) is 0 Å². The summed E-state index contributed by atoms with van der Waals surface area (Å²) in [5, 5.41) is 25.3. The molecule has 0 atom stereocenters. The largest absolute Gasteiger partial charge is 0.394 e. The second-order valence-electron chi connectivity index (χ2n) is 8.02. The summed E-state index contributed by atoms with van der Waals surface area (Å²) in [5.41, 5.74) is 7.05. The van der Waals surface area contributed by atoms with E-state index in [1.807, 2.05) is 0 Å². The lowest BCUT2D eigenvalue weighted by Gasteiger charge is -2.16. The molecule has 12 heteroatoms. The molecule has 1 aliphatic rings. The number of aliphatic hydroxyl groups is 1. The number of hydrogen-bond acceptors (Lipinski definition) is 9. The monoisotopic (exact) mass is 463 g/mol. The lowest BCUT2D eigenvalue weighted by atomic mass is 10.1. The van der Waals surface area contributed by atoms with E-state index in [0.717, 1.165) is 12.8 Å². The van der Waals surface area contributed by atoms with Crippen molar-refractivity contribution in [3.05, 3.63) is 70.0 Å². The van der Waals surface area contributed by atoms with Gasteiger partial charge in [0.1, 0.15) is 29.6 Å². The van der Waals surface area contributed by atoms with Crippen LogP contribution in [-0.4, -0.2) is 46.7 Å². The molecule has 11 nitrogen and oxygen atoms in total. The van der Waals surface area contributed by atoms with E-state index in [4.69, 9.17) is 16.2 Å². The van der Waals surface area contributed by atoms with Crippen LogP contribution in [0.25, 0.3) is 10.9 Å². The predicted octanol–water partition coefficient (Wildman–Crippen LogP) is 1.46. The summed E-state index contributed by atoms with van der Waals surface area (Å²) in [6, 6.07) is 3.99. The Morgan fingerprint density at radius 2 is 2.15 bits per heavy atom. The van der Waals surface area contributed by atoms with Gasteiger partial charge in [0.25, 0.3) is 5.56 Å². The summed E-state index contributed by atoms with van der Waals surface area (Å²) < 4.78 is 16.8. The Balaban J connectivity index is 1.49. The number of rotatable bonds is 8. The van der Waals surface area contributed by atoms with Gasteiger partial charge in [-0.25, -0.2) is 19.3 Å². The van der Waals surface area contributed by atoms with Gasteiger partial charge in [0, 0.05) is 17.8 Å². The highest BCUT2D eigenvalue weighted by molar-refractivity contribution is 6.15. The molecule has 4 aromatic rings. The van der Waals surface area contributed by atoms with E-state index < -0.39 is 5.82 Å². The Bertz CT molecular complexity index is 1460. The maximum absolute atomic E-state index is 13.7. The average Bonchev–Trinajstić information content (AvgIpc) is 3.55. The smallest absolute Gasteiger partial charge is 0.261 e. The van der Waals surface area contributed by atoms with Crippen LogP contribution in [-0.2, 0) is 13.1 Å². The number of aliphatic hydroxyl groups excluding tert-OH is 1. The van der Waals surface area contributed by atoms with Gasteiger partial charge in [-0.3, -0.25) is 19.5 Å². The molecule has 0 unspecified atom stereocenters. The summed E-state index contributed by atoms with van der Waals surface area (Å²) in [7, 11) is 0. The third-order valence-electron chi connectivity index (χ3n) is 5.64. The molecule has 1 saturated carbocycles. The van der Waals surface area contributed by atoms with Crippen LogP contribution in [0.5, 0.6) is 0 Å². The quantitative estimate of drug-likeness (QED) is 0.286. The lowest BCUT2D eigenvalue weighted by Crippen LogP contribution is -2.26. The van der Waals surface area contributed by atoms with E-state index >= 15 is 0 Å². The number of fused-ring (bicyclic) bond motifs is 1. The summed E-state index contributed by atoms with van der Waals surface area (Å²) >= 11 is 0. The molecular formula is C22H22FN9O2. The van der Waals surface area contributed by atoms with Gasteiger partial charge >= 0.3 is 0 Å². The average molecular weight is 463 g/mol. The molecule has 0 spiro atoms. The Hall–Kier alpha value is -4.19. The molecular weight excluding hydrogens is 441 g/mol. The second kappa shape index (κ2) is 8.63. The van der Waals surface area contributed by atoms with E-state index in [2.05, 4.69) is 25.4 Å². The van der Waals surface area contributed by atoms with Crippen molar-refractivity contribution in [2.75, 3.05) is 17.7 Å². The molecule has 174 valence electrons. The van der Waals surface area contributed by atoms with E-state index in [1.54, 1.807) is 10.8 Å². The van der Waals surface area contributed by atoms with Crippen LogP contribution in [0.3, 0.4) is 0 Å². The van der Waals surface area contributed by atoms with Crippen LogP contribution in [0.4, 0.5) is 16.0 Å². The third kappa shape index (κ3) is 3.99. The molecule has 0 aliphatic heterocycles. The maximum atomic E-state index is 13.7. The fraction of sp³-hybridized carbons (Fsp3) is 0.273. The Kier molecular flexibility index (Phi) is 5.49. The summed E-state index contributed by atoms with van der Waals surface area (Å²) in [5.74, 6) is 0.417. The Morgan fingerprint density at radius 1 is 1.32 bits per heavy atom. The predicted molar refractivity (Wildman–Crippen MR) is 123 cm³/mol. The number of hydrogen-bond donors (Lipinski definition) is 4. The van der Waals surface area contributed by atoms with Crippen molar-refractivity contribution in [2.24, 2.45) is 0 Å². The van der Waals surface area contributed by atoms with E-state index in [-0.39, 0.29) is 47.2 Å². The van der Waals surface area contributed by atoms with Crippen LogP contribution >= 0.6 is 0 Å². The fourth-order valence-electron chi connectivity index (χ4n) is 3.86. The number of aromatic nitrogens is 6. The number of halogens is 1. The molecule has 0 radical (unpaired) electrons. The normalized spacial score (nSPS) is 13.4. The number of nitrogens with zero attached hydrogens (tertiary/aromatic N) is 6. The minimum Gasteiger partial charge on any atom is -0.394 e. The van der Waals surface area contributed by atoms with Gasteiger partial charge in [0.15, 0.2) is 0 Å². The van der Waals surface area contributed by atoms with Crippen molar-refractivity contribution in [2.45, 2.75) is 32.0 Å². The first-order valence-electron chi connectivity index (χ1n) is 10.7. The van der Waals surface area contributed by atoms with Crippen LogP contribution in [0.15, 0.2) is 41.7 Å². The van der Waals surface area contributed by atoms with E-state index in [1.165, 1.54) is 35.4 Å². The Morgan fingerprint density at radius 3 is 2.91 bits per heavy atom. The van der Waals surface area contributed by atoms with Crippen molar-refractivity contribution in [3.63, 3.8) is 0 Å². The molecule has 0 bridgehead atoms. The van der Waals surface area contributed by atoms with Crippen LogP contribution in [0.1, 0.15) is 35.8 Å². The molecule has 1 aromatic carbocycles. The molecule has 34 heavy (non-hydrogen) atoms. The number of anilines is 2. The van der Waals surface area contributed by atoms with Gasteiger partial charge in [-0.15, -0.1) is 0 Å². The Labute approximate surface area is 192 Å². The minimum atomic E-state index is -0.485. The molecule has 0 amide bonds. The second-order valence-corrected chi connectivity index (χ2v) is 8.02. The molecule has 1 fully saturated rings. The summed E-state index contributed by atoms with van der Waals surface area (Å²) in [6.07, 6.45) is 6.12. The summed E-state index contributed by atoms with van der Waals surface area (Å²) in [4.78, 5) is 26.0. The van der Waals surface area contributed by atoms with Crippen molar-refractivity contribution in [1.82, 2.24) is 29.3 Å². The molecule has 5 rings (SSSR count). The van der Waals surface area contributed by atoms with Crippen LogP contribution < -0.4 is 16.6 Å². The van der Waals surface area contributed by atoms with Crippen molar-refractivity contribution >= 4 is 28.3 Å². The van der Waals surface area contributed by atoms with Crippen molar-refractivity contribution < 1.29 is 9.50 Å². The fourth-order valence-corrected chi connectivity index (χ4v) is 3.86. The van der Waals surface area contributed by atoms with E-state index in [9.17, 15) is 9.18 Å². The zero-order valence-electron chi connectivity index (χ0n) is 18.1. The molecule has 0 saturated heterocycles. The number of benzene rings is 1. The SMILES string of the molecule is N=C(c1cnn(CCO)c1)c1c(N)ncnc1NCc1nc2ccc(F)cc2c(=O)n1C1CC1. The van der Waals surface area contributed by atoms with Crippen LogP contribution in [0, 0.1) is 11.2 Å². The zero-order valence-corrected chi connectivity index (χ0v) is 18.1. The first-order valence-corrected chi connectivity index (χ1v) is 10.7. The number of nitrogens with one attached hydrogen (secondary N) is 2. The molecule has 5 N–H and O–H groups in total. The standard InChI is InChI=1S/C22H22FN9O2/c23-13-1-4-16-15(7-13)22(34)32(14-2-3-14)17(30-16)9-26-21-18(20(25)27-11-28-21)19(24)12-8-29-31(10-12)5-6-33/h1,4,7-8,10-11,14,24,33H,2-3,5-6,9H2,(H3,25,26,27,28). The van der Waals surface area contributed by atoms with Gasteiger partial charge in [0.2, 0.25) is 0 Å². The molecule has 3 heterocycles. The van der Waals surface area contributed by atoms with E-state index in [0.29, 0.717) is 29.3 Å². The first kappa shape index (κ1) is 21.6. The van der Waals surface area contributed by atoms with Gasteiger partial charge in [0.05, 0.1) is 48.1 Å². The van der Waals surface area contributed by atoms with Crippen molar-refractivity contribution in [1.29, 1.82) is 5.41 Å². The lowest BCUT2D eigenvalue weighted by molar-refractivity contribution is 0.269. The third-order valence-corrected chi connectivity index (χ3v) is 5.64. The topological polar surface area (TPSA) is 161 Å².